The van der Waals surface area contributed by atoms with Crippen LogP contribution in [-0.4, -0.2) is 27.3 Å². The molecule has 0 radical (unpaired) electrons. The summed E-state index contributed by atoms with van der Waals surface area (Å²) in [6.45, 7) is 3.93. The second kappa shape index (κ2) is 8.38. The number of esters is 1. The normalized spacial score (nSPS) is 15.8. The van der Waals surface area contributed by atoms with Gasteiger partial charge in [-0.15, -0.1) is 16.4 Å². The molecule has 0 unspecified atom stereocenters. The van der Waals surface area contributed by atoms with Crippen LogP contribution >= 0.6 is 23.1 Å². The van der Waals surface area contributed by atoms with E-state index in [0.29, 0.717) is 34.7 Å². The molecule has 0 fully saturated rings. The van der Waals surface area contributed by atoms with E-state index in [1.165, 1.54) is 23.9 Å². The lowest BCUT2D eigenvalue weighted by atomic mass is 10.0. The number of rotatable bonds is 6. The van der Waals surface area contributed by atoms with Crippen molar-refractivity contribution in [1.29, 1.82) is 0 Å². The van der Waals surface area contributed by atoms with E-state index in [2.05, 4.69) is 15.4 Å². The molecule has 6 nitrogen and oxygen atoms in total. The van der Waals surface area contributed by atoms with Gasteiger partial charge in [0.05, 0.1) is 12.2 Å². The first-order valence-electron chi connectivity index (χ1n) is 9.09. The first-order chi connectivity index (χ1) is 14.1. The zero-order valence-electron chi connectivity index (χ0n) is 15.9. The molecule has 1 aromatic carbocycles. The largest absolute Gasteiger partial charge is 0.463 e. The molecule has 1 atom stereocenters. The van der Waals surface area contributed by atoms with E-state index in [4.69, 9.17) is 4.74 Å². The molecule has 0 spiro atoms. The average Bonchev–Trinajstić information content (AvgIpc) is 3.36. The quantitative estimate of drug-likeness (QED) is 0.455. The molecule has 3 heterocycles. The van der Waals surface area contributed by atoms with Crippen LogP contribution in [0.3, 0.4) is 0 Å². The number of halogens is 1. The number of carbonyl (C=O) groups is 1. The summed E-state index contributed by atoms with van der Waals surface area (Å²) < 4.78 is 20.1. The van der Waals surface area contributed by atoms with Gasteiger partial charge >= 0.3 is 5.97 Å². The predicted molar refractivity (Wildman–Crippen MR) is 111 cm³/mol. The van der Waals surface area contributed by atoms with Gasteiger partial charge in [0.25, 0.3) is 0 Å². The standard InChI is InChI=1S/C20H19FN4O2S2/c1-3-27-18(26)16-12(2)22-19-23-20(29-11-13-6-8-14(21)9-7-13)24-25(19)17(16)15-5-4-10-28-15/h4-10,17H,3,11H2,1-2H3,(H,22,23,24)/t17-/m1/s1. The lowest BCUT2D eigenvalue weighted by Crippen LogP contribution is -2.29. The monoisotopic (exact) mass is 430 g/mol. The van der Waals surface area contributed by atoms with Crippen molar-refractivity contribution in [2.24, 2.45) is 0 Å². The van der Waals surface area contributed by atoms with E-state index in [9.17, 15) is 9.18 Å². The zero-order valence-corrected chi connectivity index (χ0v) is 17.5. The van der Waals surface area contributed by atoms with Crippen LogP contribution in [0.15, 0.2) is 58.2 Å². The van der Waals surface area contributed by atoms with Crippen LogP contribution in [0, 0.1) is 5.82 Å². The van der Waals surface area contributed by atoms with Crippen molar-refractivity contribution in [1.82, 2.24) is 14.8 Å². The lowest BCUT2D eigenvalue weighted by Gasteiger charge is -2.26. The lowest BCUT2D eigenvalue weighted by molar-refractivity contribution is -0.139. The maximum absolute atomic E-state index is 13.1. The van der Waals surface area contributed by atoms with Gasteiger partial charge in [-0.25, -0.2) is 13.9 Å². The Morgan fingerprint density at radius 3 is 2.83 bits per heavy atom. The minimum absolute atomic E-state index is 0.259. The minimum Gasteiger partial charge on any atom is -0.463 e. The molecule has 0 saturated heterocycles. The number of fused-ring (bicyclic) bond motifs is 1. The van der Waals surface area contributed by atoms with Gasteiger partial charge in [-0.2, -0.15) is 4.98 Å². The van der Waals surface area contributed by atoms with Gasteiger partial charge in [-0.3, -0.25) is 0 Å². The molecule has 150 valence electrons. The van der Waals surface area contributed by atoms with E-state index in [1.54, 1.807) is 35.1 Å². The van der Waals surface area contributed by atoms with E-state index in [-0.39, 0.29) is 11.8 Å². The minimum atomic E-state index is -0.391. The molecule has 0 bridgehead atoms. The molecule has 0 aliphatic carbocycles. The van der Waals surface area contributed by atoms with Crippen molar-refractivity contribution >= 4 is 35.0 Å². The molecular formula is C20H19FN4O2S2. The summed E-state index contributed by atoms with van der Waals surface area (Å²) in [5, 5.41) is 10.4. The van der Waals surface area contributed by atoms with Crippen molar-refractivity contribution in [3.8, 4) is 0 Å². The van der Waals surface area contributed by atoms with E-state index in [0.717, 1.165) is 10.4 Å². The Morgan fingerprint density at radius 2 is 2.14 bits per heavy atom. The fraction of sp³-hybridized carbons (Fsp3) is 0.250. The Hall–Kier alpha value is -2.65. The molecule has 3 aromatic rings. The van der Waals surface area contributed by atoms with Crippen molar-refractivity contribution in [2.45, 2.75) is 30.8 Å². The highest BCUT2D eigenvalue weighted by Crippen LogP contribution is 2.38. The first kappa shape index (κ1) is 19.7. The van der Waals surface area contributed by atoms with Crippen LogP contribution in [0.25, 0.3) is 0 Å². The molecular weight excluding hydrogens is 411 g/mol. The van der Waals surface area contributed by atoms with Crippen molar-refractivity contribution in [3.05, 3.63) is 69.3 Å². The molecule has 29 heavy (non-hydrogen) atoms. The first-order valence-corrected chi connectivity index (χ1v) is 11.0. The highest BCUT2D eigenvalue weighted by atomic mass is 32.2. The summed E-state index contributed by atoms with van der Waals surface area (Å²) in [6, 6.07) is 9.90. The van der Waals surface area contributed by atoms with Crippen LogP contribution < -0.4 is 5.32 Å². The third-order valence-corrected chi connectivity index (χ3v) is 6.26. The molecule has 0 saturated carbocycles. The van der Waals surface area contributed by atoms with Gasteiger partial charge in [0.15, 0.2) is 0 Å². The van der Waals surface area contributed by atoms with Crippen molar-refractivity contribution in [2.75, 3.05) is 11.9 Å². The molecule has 1 N–H and O–H groups in total. The Morgan fingerprint density at radius 1 is 1.34 bits per heavy atom. The maximum Gasteiger partial charge on any atom is 0.338 e. The molecule has 1 aliphatic heterocycles. The fourth-order valence-electron chi connectivity index (χ4n) is 3.10. The van der Waals surface area contributed by atoms with Gasteiger partial charge in [-0.05, 0) is 43.0 Å². The van der Waals surface area contributed by atoms with Crippen LogP contribution in [0.5, 0.6) is 0 Å². The average molecular weight is 431 g/mol. The smallest absolute Gasteiger partial charge is 0.338 e. The van der Waals surface area contributed by atoms with E-state index >= 15 is 0 Å². The molecule has 4 rings (SSSR count). The number of nitrogens with zero attached hydrogens (tertiary/aromatic N) is 3. The van der Waals surface area contributed by atoms with Gasteiger partial charge in [0.2, 0.25) is 11.1 Å². The second-order valence-electron chi connectivity index (χ2n) is 6.38. The summed E-state index contributed by atoms with van der Waals surface area (Å²) >= 11 is 3.01. The fourth-order valence-corrected chi connectivity index (χ4v) is 4.71. The van der Waals surface area contributed by atoms with Crippen LogP contribution in [0.1, 0.15) is 30.3 Å². The van der Waals surface area contributed by atoms with E-state index in [1.807, 2.05) is 24.4 Å². The number of hydrogen-bond acceptors (Lipinski definition) is 7. The topological polar surface area (TPSA) is 69.0 Å². The summed E-state index contributed by atoms with van der Waals surface area (Å²) in [5.74, 6) is 0.573. The Labute approximate surface area is 175 Å². The number of allylic oxidation sites excluding steroid dienone is 1. The third-order valence-electron chi connectivity index (χ3n) is 4.42. The number of aromatic nitrogens is 3. The molecule has 0 amide bonds. The highest BCUT2D eigenvalue weighted by molar-refractivity contribution is 7.98. The van der Waals surface area contributed by atoms with Gasteiger partial charge in [-0.1, -0.05) is 30.0 Å². The van der Waals surface area contributed by atoms with Crippen molar-refractivity contribution < 1.29 is 13.9 Å². The third kappa shape index (κ3) is 4.06. The zero-order chi connectivity index (χ0) is 20.4. The number of anilines is 1. The van der Waals surface area contributed by atoms with E-state index < -0.39 is 6.04 Å². The second-order valence-corrected chi connectivity index (χ2v) is 8.30. The van der Waals surface area contributed by atoms with Crippen LogP contribution in [-0.2, 0) is 15.3 Å². The number of nitrogens with one attached hydrogen (secondary N) is 1. The number of ether oxygens (including phenoxy) is 1. The van der Waals surface area contributed by atoms with Crippen LogP contribution in [0.2, 0.25) is 0 Å². The van der Waals surface area contributed by atoms with Gasteiger partial charge < -0.3 is 10.1 Å². The number of carbonyl (C=O) groups excluding carboxylic acids is 1. The predicted octanol–water partition coefficient (Wildman–Crippen LogP) is 4.62. The van der Waals surface area contributed by atoms with Gasteiger partial charge in [0.1, 0.15) is 11.9 Å². The SMILES string of the molecule is CCOC(=O)C1=C(C)Nc2nc(SCc3ccc(F)cc3)nn2[C@@H]1c1cccs1. The number of thioether (sulfide) groups is 1. The summed E-state index contributed by atoms with van der Waals surface area (Å²) in [6.07, 6.45) is 0. The van der Waals surface area contributed by atoms with Gasteiger partial charge in [0, 0.05) is 16.3 Å². The highest BCUT2D eigenvalue weighted by Gasteiger charge is 2.35. The Balaban J connectivity index is 1.64. The molecule has 1 aliphatic rings. The Kier molecular flexibility index (Phi) is 5.68. The Bertz CT molecular complexity index is 1050. The number of benzene rings is 1. The van der Waals surface area contributed by atoms with Crippen molar-refractivity contribution in [3.63, 3.8) is 0 Å². The molecule has 9 heteroatoms. The number of hydrogen-bond donors (Lipinski definition) is 1. The molecule has 2 aromatic heterocycles. The number of thiophene rings is 1. The van der Waals surface area contributed by atoms with Crippen LogP contribution in [0.4, 0.5) is 10.3 Å². The summed E-state index contributed by atoms with van der Waals surface area (Å²) in [7, 11) is 0. The maximum atomic E-state index is 13.1. The summed E-state index contributed by atoms with van der Waals surface area (Å²) in [4.78, 5) is 18.2. The summed E-state index contributed by atoms with van der Waals surface area (Å²) in [5.41, 5.74) is 2.21.